The van der Waals surface area contributed by atoms with Gasteiger partial charge >= 0.3 is 5.97 Å². The number of hydrogen-bond acceptors (Lipinski definition) is 3. The molecular formula is C11H16N2O2S. The standard InChI is InChI=1S/C11H16N2O2S/c1-7-9(5-12-11(16)13-7)10(14)15-6-8-3-2-4-8/h8-9H,2-6H2,1H3,(H,12,16). The van der Waals surface area contributed by atoms with Gasteiger partial charge in [0.25, 0.3) is 0 Å². The predicted molar refractivity (Wildman–Crippen MR) is 65.5 cm³/mol. The average molecular weight is 240 g/mol. The molecule has 2 aliphatic rings. The van der Waals surface area contributed by atoms with Crippen LogP contribution in [0.3, 0.4) is 0 Å². The Bertz CT molecular complexity index is 337. The molecule has 0 spiro atoms. The van der Waals surface area contributed by atoms with E-state index in [1.165, 1.54) is 19.3 Å². The van der Waals surface area contributed by atoms with Gasteiger partial charge in [-0.3, -0.25) is 4.79 Å². The molecule has 1 aliphatic carbocycles. The van der Waals surface area contributed by atoms with E-state index in [0.29, 0.717) is 24.2 Å². The zero-order valence-corrected chi connectivity index (χ0v) is 10.2. The maximum Gasteiger partial charge on any atom is 0.316 e. The number of carbonyl (C=O) groups excluding carboxylic acids is 1. The number of ether oxygens (including phenoxy) is 1. The second-order valence-corrected chi connectivity index (χ2v) is 4.81. The monoisotopic (exact) mass is 240 g/mol. The minimum Gasteiger partial charge on any atom is -0.465 e. The van der Waals surface area contributed by atoms with E-state index in [4.69, 9.17) is 17.0 Å². The van der Waals surface area contributed by atoms with Crippen LogP contribution in [-0.2, 0) is 9.53 Å². The number of rotatable bonds is 3. The first-order valence-electron chi connectivity index (χ1n) is 5.66. The van der Waals surface area contributed by atoms with Crippen LogP contribution in [0.5, 0.6) is 0 Å². The highest BCUT2D eigenvalue weighted by atomic mass is 32.1. The van der Waals surface area contributed by atoms with Crippen molar-refractivity contribution in [3.63, 3.8) is 0 Å². The first-order chi connectivity index (χ1) is 7.66. The van der Waals surface area contributed by atoms with Crippen molar-refractivity contribution in [1.29, 1.82) is 0 Å². The summed E-state index contributed by atoms with van der Waals surface area (Å²) < 4.78 is 5.29. The molecule has 1 saturated carbocycles. The smallest absolute Gasteiger partial charge is 0.316 e. The Kier molecular flexibility index (Phi) is 3.53. The van der Waals surface area contributed by atoms with Gasteiger partial charge in [-0.05, 0) is 37.9 Å². The highest BCUT2D eigenvalue weighted by molar-refractivity contribution is 7.80. The molecule has 0 aromatic carbocycles. The summed E-state index contributed by atoms with van der Waals surface area (Å²) >= 11 is 4.91. The zero-order valence-electron chi connectivity index (χ0n) is 9.36. The van der Waals surface area contributed by atoms with Crippen molar-refractivity contribution in [3.8, 4) is 0 Å². The number of aliphatic imine (C=N–C) groups is 1. The lowest BCUT2D eigenvalue weighted by Gasteiger charge is -2.26. The fourth-order valence-electron chi connectivity index (χ4n) is 1.83. The molecule has 0 aromatic heterocycles. The quantitative estimate of drug-likeness (QED) is 0.596. The third-order valence-corrected chi connectivity index (χ3v) is 3.45. The highest BCUT2D eigenvalue weighted by Crippen LogP contribution is 2.26. The lowest BCUT2D eigenvalue weighted by Crippen LogP contribution is -2.41. The first kappa shape index (κ1) is 11.5. The maximum absolute atomic E-state index is 11.8. The number of esters is 1. The molecule has 0 amide bonds. The van der Waals surface area contributed by atoms with Gasteiger partial charge in [0.1, 0.15) is 5.92 Å². The fraction of sp³-hybridized carbons (Fsp3) is 0.727. The molecule has 0 radical (unpaired) electrons. The second-order valence-electron chi connectivity index (χ2n) is 4.42. The van der Waals surface area contributed by atoms with Crippen LogP contribution in [0, 0.1) is 11.8 Å². The molecule has 2 rings (SSSR count). The Balaban J connectivity index is 1.84. The largest absolute Gasteiger partial charge is 0.465 e. The summed E-state index contributed by atoms with van der Waals surface area (Å²) in [7, 11) is 0. The summed E-state index contributed by atoms with van der Waals surface area (Å²) in [5, 5.41) is 3.36. The third-order valence-electron chi connectivity index (χ3n) is 3.21. The molecule has 5 heteroatoms. The van der Waals surface area contributed by atoms with Crippen molar-refractivity contribution >= 4 is 29.0 Å². The summed E-state index contributed by atoms with van der Waals surface area (Å²) in [5.74, 6) is 0.133. The van der Waals surface area contributed by atoms with Gasteiger partial charge in [0, 0.05) is 12.3 Å². The third kappa shape index (κ3) is 2.58. The van der Waals surface area contributed by atoms with Crippen LogP contribution < -0.4 is 5.32 Å². The summed E-state index contributed by atoms with van der Waals surface area (Å²) in [6.07, 6.45) is 3.64. The molecular weight excluding hydrogens is 224 g/mol. The summed E-state index contributed by atoms with van der Waals surface area (Å²) in [4.78, 5) is 15.9. The molecule has 4 nitrogen and oxygen atoms in total. The van der Waals surface area contributed by atoms with Crippen LogP contribution in [-0.4, -0.2) is 29.9 Å². The Hall–Kier alpha value is -0.970. The van der Waals surface area contributed by atoms with Crippen molar-refractivity contribution in [2.24, 2.45) is 16.8 Å². The fourth-order valence-corrected chi connectivity index (χ4v) is 2.06. The number of hydrogen-bond donors (Lipinski definition) is 1. The number of thiocarbonyl (C=S) groups is 1. The van der Waals surface area contributed by atoms with E-state index in [1.807, 2.05) is 6.92 Å². The minimum atomic E-state index is -0.272. The van der Waals surface area contributed by atoms with Gasteiger partial charge in [0.2, 0.25) is 0 Å². The predicted octanol–water partition coefficient (Wildman–Crippen LogP) is 1.29. The van der Waals surface area contributed by atoms with Crippen LogP contribution in [0.15, 0.2) is 4.99 Å². The second kappa shape index (κ2) is 4.91. The van der Waals surface area contributed by atoms with E-state index in [-0.39, 0.29) is 11.9 Å². The topological polar surface area (TPSA) is 50.7 Å². The molecule has 0 saturated heterocycles. The van der Waals surface area contributed by atoms with Crippen molar-refractivity contribution in [2.75, 3.05) is 13.2 Å². The summed E-state index contributed by atoms with van der Waals surface area (Å²) in [6.45, 7) is 2.90. The van der Waals surface area contributed by atoms with Crippen LogP contribution in [0.4, 0.5) is 0 Å². The molecule has 16 heavy (non-hydrogen) atoms. The number of carbonyl (C=O) groups is 1. The number of nitrogens with one attached hydrogen (secondary N) is 1. The van der Waals surface area contributed by atoms with Gasteiger partial charge in [0.05, 0.1) is 6.61 Å². The number of nitrogens with zero attached hydrogens (tertiary/aromatic N) is 1. The van der Waals surface area contributed by atoms with E-state index >= 15 is 0 Å². The van der Waals surface area contributed by atoms with Gasteiger partial charge in [-0.1, -0.05) is 6.42 Å². The van der Waals surface area contributed by atoms with Crippen molar-refractivity contribution in [3.05, 3.63) is 0 Å². The highest BCUT2D eigenvalue weighted by Gasteiger charge is 2.28. The molecule has 0 aromatic rings. The van der Waals surface area contributed by atoms with Gasteiger partial charge < -0.3 is 10.1 Å². The van der Waals surface area contributed by atoms with Gasteiger partial charge in [-0.15, -0.1) is 0 Å². The Morgan fingerprint density at radius 2 is 2.38 bits per heavy atom. The van der Waals surface area contributed by atoms with Crippen LogP contribution in [0.1, 0.15) is 26.2 Å². The maximum atomic E-state index is 11.8. The Morgan fingerprint density at radius 1 is 1.62 bits per heavy atom. The Morgan fingerprint density at radius 3 is 2.94 bits per heavy atom. The van der Waals surface area contributed by atoms with E-state index in [2.05, 4.69) is 10.3 Å². The van der Waals surface area contributed by atoms with E-state index in [9.17, 15) is 4.79 Å². The molecule has 0 bridgehead atoms. The molecule has 1 unspecified atom stereocenters. The van der Waals surface area contributed by atoms with E-state index in [0.717, 1.165) is 5.71 Å². The molecule has 1 fully saturated rings. The van der Waals surface area contributed by atoms with Crippen LogP contribution >= 0.6 is 12.2 Å². The van der Waals surface area contributed by atoms with Crippen molar-refractivity contribution < 1.29 is 9.53 Å². The SMILES string of the molecule is CC1=NC(=S)NCC1C(=O)OCC1CCC1. The van der Waals surface area contributed by atoms with Crippen molar-refractivity contribution in [1.82, 2.24) is 5.32 Å². The summed E-state index contributed by atoms with van der Waals surface area (Å²) in [6, 6.07) is 0. The lowest BCUT2D eigenvalue weighted by molar-refractivity contribution is -0.148. The van der Waals surface area contributed by atoms with E-state index in [1.54, 1.807) is 0 Å². The van der Waals surface area contributed by atoms with Gasteiger partial charge in [-0.25, -0.2) is 4.99 Å². The van der Waals surface area contributed by atoms with E-state index < -0.39 is 0 Å². The first-order valence-corrected chi connectivity index (χ1v) is 6.07. The van der Waals surface area contributed by atoms with Gasteiger partial charge in [0.15, 0.2) is 5.11 Å². The minimum absolute atomic E-state index is 0.178. The molecule has 1 N–H and O–H groups in total. The average Bonchev–Trinajstić information content (AvgIpc) is 2.14. The molecule has 1 heterocycles. The summed E-state index contributed by atoms with van der Waals surface area (Å²) in [5.41, 5.74) is 0.752. The zero-order chi connectivity index (χ0) is 11.5. The Labute approximate surface area is 100 Å². The molecule has 88 valence electrons. The molecule has 1 aliphatic heterocycles. The van der Waals surface area contributed by atoms with Crippen molar-refractivity contribution in [2.45, 2.75) is 26.2 Å². The molecule has 1 atom stereocenters. The van der Waals surface area contributed by atoms with Crippen LogP contribution in [0.25, 0.3) is 0 Å². The lowest BCUT2D eigenvalue weighted by atomic mass is 9.86. The normalized spacial score (nSPS) is 25.4. The van der Waals surface area contributed by atoms with Gasteiger partial charge in [-0.2, -0.15) is 0 Å². The van der Waals surface area contributed by atoms with Crippen LogP contribution in [0.2, 0.25) is 0 Å².